The summed E-state index contributed by atoms with van der Waals surface area (Å²) < 4.78 is 111. The predicted molar refractivity (Wildman–Crippen MR) is 105 cm³/mol. The molecule has 0 aliphatic rings. The third kappa shape index (κ3) is 4.60. The highest BCUT2D eigenvalue weighted by Gasteiger charge is 2.40. The van der Waals surface area contributed by atoms with Gasteiger partial charge in [0.1, 0.15) is 17.7 Å². The Morgan fingerprint density at radius 3 is 2.06 bits per heavy atom. The molecule has 3 aromatic rings. The number of hydrogen-bond acceptors (Lipinski definition) is 1. The number of fused-ring (bicyclic) bond motifs is 1. The molecule has 0 aliphatic heterocycles. The molecule has 0 saturated carbocycles. The second-order valence-electron chi connectivity index (χ2n) is 8.80. The van der Waals surface area contributed by atoms with E-state index in [4.69, 9.17) is 5.73 Å². The fourth-order valence-corrected chi connectivity index (χ4v) is 3.65. The predicted octanol–water partition coefficient (Wildman–Crippen LogP) is 7.21. The van der Waals surface area contributed by atoms with Gasteiger partial charge in [0.05, 0.1) is 5.56 Å². The zero-order chi connectivity index (χ0) is 24.2. The van der Waals surface area contributed by atoms with E-state index in [2.05, 4.69) is 0 Å². The second-order valence-corrected chi connectivity index (χ2v) is 8.80. The van der Waals surface area contributed by atoms with Gasteiger partial charge in [-0.05, 0) is 29.2 Å². The highest BCUT2D eigenvalue weighted by Crippen LogP contribution is 2.42. The van der Waals surface area contributed by atoms with Crippen LogP contribution in [0.4, 0.5) is 35.1 Å². The van der Waals surface area contributed by atoms with Crippen molar-refractivity contribution in [3.8, 4) is 11.1 Å². The molecular formula is C22H20F8N2. The lowest BCUT2D eigenvalue weighted by Gasteiger charge is -2.20. The van der Waals surface area contributed by atoms with Crippen molar-refractivity contribution in [1.82, 2.24) is 4.57 Å². The maximum atomic E-state index is 15.0. The van der Waals surface area contributed by atoms with E-state index in [9.17, 15) is 35.1 Å². The average Bonchev–Trinajstić information content (AvgIpc) is 2.93. The molecule has 1 atom stereocenters. The summed E-state index contributed by atoms with van der Waals surface area (Å²) in [5.41, 5.74) is 1.60. The molecule has 32 heavy (non-hydrogen) atoms. The lowest BCUT2D eigenvalue weighted by atomic mass is 9.95. The maximum absolute atomic E-state index is 15.0. The van der Waals surface area contributed by atoms with Crippen LogP contribution in [0.25, 0.3) is 22.0 Å². The molecule has 1 unspecified atom stereocenters. The lowest BCUT2D eigenvalue weighted by Crippen LogP contribution is -2.28. The number of benzene rings is 2. The molecule has 0 bridgehead atoms. The molecule has 2 nitrogen and oxygen atoms in total. The molecular weight excluding hydrogens is 444 g/mol. The number of hydrogen-bond donors (Lipinski definition) is 1. The zero-order valence-corrected chi connectivity index (χ0v) is 17.3. The van der Waals surface area contributed by atoms with Gasteiger partial charge in [-0.15, -0.1) is 0 Å². The van der Waals surface area contributed by atoms with Crippen LogP contribution in [0, 0.1) is 17.0 Å². The van der Waals surface area contributed by atoms with Gasteiger partial charge in [-0.2, -0.15) is 26.3 Å². The monoisotopic (exact) mass is 464 g/mol. The second kappa shape index (κ2) is 7.75. The van der Waals surface area contributed by atoms with E-state index in [0.717, 1.165) is 30.5 Å². The Morgan fingerprint density at radius 2 is 1.53 bits per heavy atom. The molecule has 0 saturated heterocycles. The molecule has 2 N–H and O–H groups in total. The van der Waals surface area contributed by atoms with Crippen LogP contribution >= 0.6 is 0 Å². The fraction of sp³-hybridized carbons (Fsp3) is 0.364. The van der Waals surface area contributed by atoms with Crippen molar-refractivity contribution in [3.05, 3.63) is 59.3 Å². The summed E-state index contributed by atoms with van der Waals surface area (Å²) in [7, 11) is 0. The van der Waals surface area contributed by atoms with Crippen LogP contribution in [-0.4, -0.2) is 10.7 Å². The van der Waals surface area contributed by atoms with Crippen molar-refractivity contribution in [3.63, 3.8) is 0 Å². The molecule has 3 rings (SSSR count). The van der Waals surface area contributed by atoms with Crippen molar-refractivity contribution in [1.29, 1.82) is 0 Å². The molecule has 1 heterocycles. The van der Waals surface area contributed by atoms with Gasteiger partial charge in [-0.25, -0.2) is 8.78 Å². The van der Waals surface area contributed by atoms with Crippen LogP contribution in [0.15, 0.2) is 36.5 Å². The van der Waals surface area contributed by atoms with Gasteiger partial charge in [-0.3, -0.25) is 0 Å². The summed E-state index contributed by atoms with van der Waals surface area (Å²) in [4.78, 5) is 0. The van der Waals surface area contributed by atoms with E-state index in [0.29, 0.717) is 6.07 Å². The average molecular weight is 464 g/mol. The summed E-state index contributed by atoms with van der Waals surface area (Å²) in [6.45, 7) is 5.59. The topological polar surface area (TPSA) is 30.9 Å². The minimum atomic E-state index is -5.11. The minimum absolute atomic E-state index is 0.0587. The van der Waals surface area contributed by atoms with Gasteiger partial charge in [0.25, 0.3) is 0 Å². The fourth-order valence-electron chi connectivity index (χ4n) is 3.65. The van der Waals surface area contributed by atoms with Crippen LogP contribution in [-0.2, 0) is 12.7 Å². The third-order valence-electron chi connectivity index (χ3n) is 4.92. The van der Waals surface area contributed by atoms with E-state index in [1.807, 2.05) is 0 Å². The summed E-state index contributed by atoms with van der Waals surface area (Å²) >= 11 is 0. The summed E-state index contributed by atoms with van der Waals surface area (Å²) in [5.74, 6) is -2.81. The first-order chi connectivity index (χ1) is 14.5. The first kappa shape index (κ1) is 24.0. The highest BCUT2D eigenvalue weighted by atomic mass is 19.4. The van der Waals surface area contributed by atoms with Crippen LogP contribution in [0.3, 0.4) is 0 Å². The molecule has 174 valence electrons. The van der Waals surface area contributed by atoms with Crippen molar-refractivity contribution in [2.45, 2.75) is 45.7 Å². The van der Waals surface area contributed by atoms with Crippen molar-refractivity contribution in [2.24, 2.45) is 11.1 Å². The molecule has 0 fully saturated rings. The van der Waals surface area contributed by atoms with Crippen LogP contribution in [0.2, 0.25) is 0 Å². The number of nitrogens with zero attached hydrogens (tertiary/aromatic N) is 1. The van der Waals surface area contributed by atoms with Gasteiger partial charge >= 0.3 is 12.4 Å². The number of alkyl halides is 6. The van der Waals surface area contributed by atoms with E-state index in [1.165, 1.54) is 4.57 Å². The van der Waals surface area contributed by atoms with E-state index in [-0.39, 0.29) is 17.4 Å². The zero-order valence-electron chi connectivity index (χ0n) is 17.3. The normalized spacial score (nSPS) is 14.2. The standard InChI is InChI=1S/C22H20F8N2/c1-20(2,3)10-32-9-14(19(31)22(28,29)30)13-7-16(24)12(8-17(13)32)11-5-4-6-15(23)18(11)21(25,26)27/h4-9,19H,10,31H2,1-3H3. The van der Waals surface area contributed by atoms with Crippen molar-refractivity contribution in [2.75, 3.05) is 0 Å². The number of rotatable bonds is 3. The molecule has 0 spiro atoms. The van der Waals surface area contributed by atoms with Gasteiger partial charge < -0.3 is 10.3 Å². The largest absolute Gasteiger partial charge is 0.419 e. The summed E-state index contributed by atoms with van der Waals surface area (Å²) in [6.07, 6.45) is -8.80. The Bertz CT molecular complexity index is 1150. The minimum Gasteiger partial charge on any atom is -0.347 e. The van der Waals surface area contributed by atoms with Crippen LogP contribution < -0.4 is 5.73 Å². The SMILES string of the molecule is CC(C)(C)Cn1cc(C(N)C(F)(F)F)c2cc(F)c(-c3cccc(F)c3C(F)(F)F)cc21. The number of halogens is 8. The van der Waals surface area contributed by atoms with Gasteiger partial charge in [0.15, 0.2) is 0 Å². The molecule has 1 aromatic heterocycles. The Kier molecular flexibility index (Phi) is 5.82. The molecule has 0 amide bonds. The van der Waals surface area contributed by atoms with E-state index < -0.39 is 57.7 Å². The van der Waals surface area contributed by atoms with Crippen LogP contribution in [0.1, 0.15) is 37.9 Å². The number of aromatic nitrogens is 1. The smallest absolute Gasteiger partial charge is 0.347 e. The third-order valence-corrected chi connectivity index (χ3v) is 4.92. The Hall–Kier alpha value is -2.62. The lowest BCUT2D eigenvalue weighted by molar-refractivity contribution is -0.149. The first-order valence-corrected chi connectivity index (χ1v) is 9.51. The van der Waals surface area contributed by atoms with Gasteiger partial charge in [-0.1, -0.05) is 32.9 Å². The molecule has 2 aromatic carbocycles. The van der Waals surface area contributed by atoms with Crippen molar-refractivity contribution < 1.29 is 35.1 Å². The summed E-state index contributed by atoms with van der Waals surface area (Å²) in [6, 6.07) is 1.82. The highest BCUT2D eigenvalue weighted by molar-refractivity contribution is 5.89. The van der Waals surface area contributed by atoms with Gasteiger partial charge in [0, 0.05) is 34.8 Å². The number of nitrogens with two attached hydrogens (primary N) is 1. The Labute approximate surface area is 178 Å². The van der Waals surface area contributed by atoms with Gasteiger partial charge in [0.2, 0.25) is 0 Å². The van der Waals surface area contributed by atoms with Crippen molar-refractivity contribution >= 4 is 10.9 Å². The Morgan fingerprint density at radius 1 is 0.906 bits per heavy atom. The molecule has 0 aliphatic carbocycles. The quantitative estimate of drug-likeness (QED) is 0.408. The van der Waals surface area contributed by atoms with E-state index in [1.54, 1.807) is 20.8 Å². The molecule has 0 radical (unpaired) electrons. The van der Waals surface area contributed by atoms with Crippen LogP contribution in [0.5, 0.6) is 0 Å². The first-order valence-electron chi connectivity index (χ1n) is 9.51. The summed E-state index contributed by atoms with van der Waals surface area (Å²) in [5, 5.41) is -0.176. The maximum Gasteiger partial charge on any atom is 0.419 e. The van der Waals surface area contributed by atoms with E-state index >= 15 is 0 Å². The Balaban J connectivity index is 2.35. The molecule has 10 heteroatoms.